The molecule has 1 saturated heterocycles. The average Bonchev–Trinajstić information content (AvgIpc) is 3.47. The van der Waals surface area contributed by atoms with E-state index in [2.05, 4.69) is 27.0 Å². The van der Waals surface area contributed by atoms with Crippen molar-refractivity contribution < 1.29 is 4.79 Å². The average molecular weight is 375 g/mol. The van der Waals surface area contributed by atoms with Crippen molar-refractivity contribution in [2.45, 2.75) is 50.6 Å². The molecule has 3 aromatic rings. The minimum Gasteiger partial charge on any atom is -0.366 e. The lowest BCUT2D eigenvalue weighted by atomic mass is 10.1. The molecule has 28 heavy (non-hydrogen) atoms. The predicted molar refractivity (Wildman–Crippen MR) is 109 cm³/mol. The Hall–Kier alpha value is -2.73. The van der Waals surface area contributed by atoms with Crippen molar-refractivity contribution in [3.05, 3.63) is 47.8 Å². The van der Waals surface area contributed by atoms with Crippen LogP contribution >= 0.6 is 0 Å². The van der Waals surface area contributed by atoms with E-state index in [1.807, 2.05) is 18.3 Å². The Morgan fingerprint density at radius 2 is 1.96 bits per heavy atom. The van der Waals surface area contributed by atoms with Gasteiger partial charge in [0.25, 0.3) is 5.91 Å². The summed E-state index contributed by atoms with van der Waals surface area (Å²) in [6.45, 7) is 1.19. The van der Waals surface area contributed by atoms with Gasteiger partial charge in [0.2, 0.25) is 0 Å². The summed E-state index contributed by atoms with van der Waals surface area (Å²) in [5.74, 6) is 0.243. The molecule has 1 atom stereocenters. The smallest absolute Gasteiger partial charge is 0.250 e. The van der Waals surface area contributed by atoms with Gasteiger partial charge in [0.15, 0.2) is 0 Å². The second-order valence-corrected chi connectivity index (χ2v) is 7.96. The zero-order valence-corrected chi connectivity index (χ0v) is 15.9. The highest BCUT2D eigenvalue weighted by Gasteiger charge is 2.33. The molecule has 2 aliphatic rings. The predicted octanol–water partition coefficient (Wildman–Crippen LogP) is 3.80. The number of imidazole rings is 1. The van der Waals surface area contributed by atoms with Crippen molar-refractivity contribution in [2.75, 3.05) is 6.54 Å². The van der Waals surface area contributed by atoms with Gasteiger partial charge in [-0.1, -0.05) is 18.9 Å². The number of hydrogen-bond acceptors (Lipinski definition) is 4. The number of benzene rings is 1. The fourth-order valence-electron chi connectivity index (χ4n) is 4.89. The number of nitrogens with two attached hydrogens (primary N) is 1. The van der Waals surface area contributed by atoms with Crippen LogP contribution in [0.25, 0.3) is 22.4 Å². The first-order chi connectivity index (χ1) is 13.7. The first-order valence-corrected chi connectivity index (χ1v) is 10.2. The van der Waals surface area contributed by atoms with E-state index in [4.69, 9.17) is 10.7 Å². The first kappa shape index (κ1) is 17.4. The summed E-state index contributed by atoms with van der Waals surface area (Å²) in [5, 5.41) is 0. The van der Waals surface area contributed by atoms with Crippen LogP contribution in [0.3, 0.4) is 0 Å². The summed E-state index contributed by atoms with van der Waals surface area (Å²) >= 11 is 0. The maximum atomic E-state index is 11.6. The molecule has 2 fully saturated rings. The lowest BCUT2D eigenvalue weighted by Crippen LogP contribution is -2.33. The fourth-order valence-corrected chi connectivity index (χ4v) is 4.89. The molecule has 6 heteroatoms. The van der Waals surface area contributed by atoms with Crippen molar-refractivity contribution in [1.82, 2.24) is 19.9 Å². The van der Waals surface area contributed by atoms with E-state index in [-0.39, 0.29) is 0 Å². The number of amides is 1. The van der Waals surface area contributed by atoms with Gasteiger partial charge in [-0.05, 0) is 56.5 Å². The topological polar surface area (TPSA) is 87.9 Å². The Morgan fingerprint density at radius 3 is 2.71 bits per heavy atom. The third kappa shape index (κ3) is 2.98. The van der Waals surface area contributed by atoms with Crippen LogP contribution in [-0.2, 0) is 0 Å². The fraction of sp³-hybridized carbons (Fsp3) is 0.409. The third-order valence-electron chi connectivity index (χ3n) is 6.27. The Kier molecular flexibility index (Phi) is 4.36. The van der Waals surface area contributed by atoms with Gasteiger partial charge in [-0.3, -0.25) is 14.7 Å². The molecule has 0 bridgehead atoms. The van der Waals surface area contributed by atoms with E-state index in [0.29, 0.717) is 22.9 Å². The van der Waals surface area contributed by atoms with Crippen LogP contribution in [-0.4, -0.2) is 38.3 Å². The molecule has 1 aliphatic heterocycles. The van der Waals surface area contributed by atoms with Crippen molar-refractivity contribution in [3.63, 3.8) is 0 Å². The van der Waals surface area contributed by atoms with Crippen LogP contribution < -0.4 is 5.73 Å². The van der Waals surface area contributed by atoms with Gasteiger partial charge in [-0.2, -0.15) is 0 Å². The van der Waals surface area contributed by atoms with Crippen LogP contribution in [0.5, 0.6) is 0 Å². The molecule has 1 aliphatic carbocycles. The van der Waals surface area contributed by atoms with Crippen LogP contribution in [0, 0.1) is 0 Å². The Balaban J connectivity index is 1.43. The number of carbonyl (C=O) groups excluding carboxylic acids is 1. The van der Waals surface area contributed by atoms with Crippen molar-refractivity contribution >= 4 is 16.9 Å². The number of aromatic amines is 1. The van der Waals surface area contributed by atoms with Gasteiger partial charge < -0.3 is 10.7 Å². The van der Waals surface area contributed by atoms with Crippen LogP contribution in [0.2, 0.25) is 0 Å². The molecule has 1 unspecified atom stereocenters. The van der Waals surface area contributed by atoms with Crippen molar-refractivity contribution in [1.29, 1.82) is 0 Å². The molecule has 144 valence electrons. The quantitative estimate of drug-likeness (QED) is 0.726. The highest BCUT2D eigenvalue weighted by Crippen LogP contribution is 2.37. The molecule has 3 N–H and O–H groups in total. The number of carbonyl (C=O) groups is 1. The van der Waals surface area contributed by atoms with E-state index in [0.717, 1.165) is 22.8 Å². The Bertz CT molecular complexity index is 1000. The van der Waals surface area contributed by atoms with Crippen LogP contribution in [0.4, 0.5) is 0 Å². The number of likely N-dealkylation sites (tertiary alicyclic amines) is 1. The maximum Gasteiger partial charge on any atom is 0.250 e. The summed E-state index contributed by atoms with van der Waals surface area (Å²) in [4.78, 5) is 27.0. The number of para-hydroxylation sites is 1. The molecule has 1 amide bonds. The van der Waals surface area contributed by atoms with Crippen molar-refractivity contribution in [3.8, 4) is 11.4 Å². The van der Waals surface area contributed by atoms with E-state index in [1.165, 1.54) is 45.1 Å². The minimum absolute atomic E-state index is 0.433. The number of fused-ring (bicyclic) bond motifs is 1. The number of hydrogen-bond donors (Lipinski definition) is 2. The van der Waals surface area contributed by atoms with Gasteiger partial charge in [0.05, 0.1) is 22.8 Å². The highest BCUT2D eigenvalue weighted by molar-refractivity contribution is 6.04. The molecule has 0 radical (unpaired) electrons. The normalized spacial score (nSPS) is 20.9. The summed E-state index contributed by atoms with van der Waals surface area (Å²) in [6.07, 6.45) is 9.71. The molecule has 3 heterocycles. The van der Waals surface area contributed by atoms with Gasteiger partial charge >= 0.3 is 0 Å². The number of H-pyrrole nitrogens is 1. The van der Waals surface area contributed by atoms with E-state index in [1.54, 1.807) is 6.07 Å². The number of nitrogens with zero attached hydrogens (tertiary/aromatic N) is 3. The number of primary amides is 1. The molecule has 6 nitrogen and oxygen atoms in total. The zero-order chi connectivity index (χ0) is 19.1. The number of rotatable bonds is 4. The maximum absolute atomic E-state index is 11.6. The lowest BCUT2D eigenvalue weighted by molar-refractivity contribution is 0.100. The summed E-state index contributed by atoms with van der Waals surface area (Å²) < 4.78 is 0. The molecule has 1 aromatic carbocycles. The van der Waals surface area contributed by atoms with Gasteiger partial charge in [0, 0.05) is 17.8 Å². The standard InChI is InChI=1S/C22H25N5O/c23-21(28)16-7-3-8-18-20(16)26-22(25-18)14-10-11-17(24-13-14)19-9-4-12-27(19)15-5-1-2-6-15/h3,7-8,10-11,13,15,19H,1-2,4-6,9,12H2,(H2,23,28)(H,25,26). The Morgan fingerprint density at radius 1 is 1.11 bits per heavy atom. The molecule has 0 spiro atoms. The Labute approximate surface area is 164 Å². The third-order valence-corrected chi connectivity index (χ3v) is 6.27. The first-order valence-electron chi connectivity index (χ1n) is 10.2. The van der Waals surface area contributed by atoms with Gasteiger partial charge in [-0.15, -0.1) is 0 Å². The SMILES string of the molecule is NC(=O)c1cccc2[nH]c(-c3ccc(C4CCCN4C4CCCC4)nc3)nc12. The van der Waals surface area contributed by atoms with Gasteiger partial charge in [0.1, 0.15) is 11.3 Å². The van der Waals surface area contributed by atoms with Crippen LogP contribution in [0.15, 0.2) is 36.5 Å². The molecule has 1 saturated carbocycles. The van der Waals surface area contributed by atoms with E-state index < -0.39 is 5.91 Å². The van der Waals surface area contributed by atoms with Crippen molar-refractivity contribution in [2.24, 2.45) is 5.73 Å². The highest BCUT2D eigenvalue weighted by atomic mass is 16.1. The van der Waals surface area contributed by atoms with E-state index >= 15 is 0 Å². The molecule has 5 rings (SSSR count). The summed E-state index contributed by atoms with van der Waals surface area (Å²) in [7, 11) is 0. The summed E-state index contributed by atoms with van der Waals surface area (Å²) in [6, 6.07) is 10.8. The van der Waals surface area contributed by atoms with E-state index in [9.17, 15) is 4.79 Å². The molecular weight excluding hydrogens is 350 g/mol. The largest absolute Gasteiger partial charge is 0.366 e. The number of nitrogens with one attached hydrogen (secondary N) is 1. The molecule has 2 aromatic heterocycles. The zero-order valence-electron chi connectivity index (χ0n) is 15.9. The summed E-state index contributed by atoms with van der Waals surface area (Å²) in [5.41, 5.74) is 9.39. The van der Waals surface area contributed by atoms with Crippen LogP contribution in [0.1, 0.15) is 60.6 Å². The monoisotopic (exact) mass is 375 g/mol. The lowest BCUT2D eigenvalue weighted by Gasteiger charge is -2.30. The minimum atomic E-state index is -0.467. The second kappa shape index (κ2) is 7.02. The molecular formula is C22H25N5O. The second-order valence-electron chi connectivity index (χ2n) is 7.96. The van der Waals surface area contributed by atoms with Gasteiger partial charge in [-0.25, -0.2) is 4.98 Å². The number of aromatic nitrogens is 3. The number of pyridine rings is 1.